The molecular formula is C28H33NO2S. The van der Waals surface area contributed by atoms with Crippen molar-refractivity contribution in [2.45, 2.75) is 51.2 Å². The van der Waals surface area contributed by atoms with Crippen molar-refractivity contribution in [3.8, 4) is 0 Å². The van der Waals surface area contributed by atoms with Crippen molar-refractivity contribution in [2.24, 2.45) is 5.92 Å². The molecule has 0 bridgehead atoms. The molecular weight excluding hydrogens is 414 g/mol. The van der Waals surface area contributed by atoms with Crippen LogP contribution in [0.25, 0.3) is 0 Å². The highest BCUT2D eigenvalue weighted by Gasteiger charge is 2.28. The van der Waals surface area contributed by atoms with E-state index in [9.17, 15) is 9.00 Å². The number of hydrogen-bond acceptors (Lipinski definition) is 3. The second-order valence-electron chi connectivity index (χ2n) is 8.79. The monoisotopic (exact) mass is 447 g/mol. The lowest BCUT2D eigenvalue weighted by molar-refractivity contribution is -0.122. The summed E-state index contributed by atoms with van der Waals surface area (Å²) in [7, 11) is -1.34. The lowest BCUT2D eigenvalue weighted by atomic mass is 9.98. The summed E-state index contributed by atoms with van der Waals surface area (Å²) in [6.45, 7) is 7.63. The Labute approximate surface area is 194 Å². The Bertz CT molecular complexity index is 959. The molecule has 168 valence electrons. The van der Waals surface area contributed by atoms with Gasteiger partial charge in [0.25, 0.3) is 0 Å². The van der Waals surface area contributed by atoms with Crippen LogP contribution in [0.4, 0.5) is 0 Å². The Morgan fingerprint density at radius 1 is 0.812 bits per heavy atom. The zero-order valence-electron chi connectivity index (χ0n) is 19.2. The standard InChI is InChI=1S/C28H33NO2S/c1-22(2)18-27(28(30)21-32(31)26-16-14-23(3)15-17-26)29(19-24-10-6-4-7-11-24)20-25-12-8-5-9-13-25/h4-17,22,27H,18-21H2,1-3H3/t27-,32+/m0/s1. The van der Waals surface area contributed by atoms with E-state index in [0.29, 0.717) is 23.9 Å². The van der Waals surface area contributed by atoms with Gasteiger partial charge < -0.3 is 0 Å². The predicted octanol–water partition coefficient (Wildman–Crippen LogP) is 5.79. The van der Waals surface area contributed by atoms with Gasteiger partial charge in [-0.25, -0.2) is 0 Å². The molecule has 0 fully saturated rings. The Morgan fingerprint density at radius 3 is 1.78 bits per heavy atom. The minimum Gasteiger partial charge on any atom is -0.297 e. The molecule has 0 unspecified atom stereocenters. The summed E-state index contributed by atoms with van der Waals surface area (Å²) in [5.74, 6) is 0.441. The maximum atomic E-state index is 13.5. The molecule has 32 heavy (non-hydrogen) atoms. The fourth-order valence-electron chi connectivity index (χ4n) is 3.84. The number of carbonyl (C=O) groups is 1. The molecule has 0 aliphatic rings. The summed E-state index contributed by atoms with van der Waals surface area (Å²) < 4.78 is 13.0. The molecule has 0 amide bonds. The number of rotatable bonds is 11. The first-order valence-electron chi connectivity index (χ1n) is 11.2. The van der Waals surface area contributed by atoms with Crippen molar-refractivity contribution in [3.63, 3.8) is 0 Å². The van der Waals surface area contributed by atoms with Crippen molar-refractivity contribution >= 4 is 16.6 Å². The molecule has 0 aliphatic carbocycles. The van der Waals surface area contributed by atoms with Gasteiger partial charge >= 0.3 is 0 Å². The molecule has 0 spiro atoms. The zero-order valence-corrected chi connectivity index (χ0v) is 20.1. The van der Waals surface area contributed by atoms with E-state index >= 15 is 0 Å². The molecule has 0 N–H and O–H groups in total. The van der Waals surface area contributed by atoms with Gasteiger partial charge in [0.05, 0.1) is 22.6 Å². The average Bonchev–Trinajstić information content (AvgIpc) is 2.78. The fourth-order valence-corrected chi connectivity index (χ4v) is 4.90. The number of nitrogens with zero attached hydrogens (tertiary/aromatic N) is 1. The zero-order chi connectivity index (χ0) is 22.9. The van der Waals surface area contributed by atoms with Crippen LogP contribution in [0.15, 0.2) is 89.8 Å². The van der Waals surface area contributed by atoms with Crippen molar-refractivity contribution in [1.29, 1.82) is 0 Å². The number of aryl methyl sites for hydroxylation is 1. The summed E-state index contributed by atoms with van der Waals surface area (Å²) in [5.41, 5.74) is 3.46. The minimum atomic E-state index is -1.34. The molecule has 0 heterocycles. The average molecular weight is 448 g/mol. The molecule has 3 aromatic rings. The van der Waals surface area contributed by atoms with Crippen LogP contribution >= 0.6 is 0 Å². The number of hydrogen-bond donors (Lipinski definition) is 0. The van der Waals surface area contributed by atoms with Crippen molar-refractivity contribution in [1.82, 2.24) is 4.90 Å². The summed E-state index contributed by atoms with van der Waals surface area (Å²) in [4.78, 5) is 16.5. The SMILES string of the molecule is Cc1ccc([S@](=O)CC(=O)[C@H](CC(C)C)N(Cc2ccccc2)Cc2ccccc2)cc1. The van der Waals surface area contributed by atoms with Gasteiger partial charge in [-0.1, -0.05) is 92.2 Å². The van der Waals surface area contributed by atoms with E-state index in [4.69, 9.17) is 0 Å². The highest BCUT2D eigenvalue weighted by molar-refractivity contribution is 7.85. The van der Waals surface area contributed by atoms with Crippen molar-refractivity contribution in [3.05, 3.63) is 102 Å². The highest BCUT2D eigenvalue weighted by atomic mass is 32.2. The maximum Gasteiger partial charge on any atom is 0.162 e. The lowest BCUT2D eigenvalue weighted by Gasteiger charge is -2.32. The van der Waals surface area contributed by atoms with Crippen LogP contribution in [0.2, 0.25) is 0 Å². The third-order valence-corrected chi connectivity index (χ3v) is 6.87. The van der Waals surface area contributed by atoms with E-state index in [1.807, 2.05) is 67.6 Å². The molecule has 3 aromatic carbocycles. The summed E-state index contributed by atoms with van der Waals surface area (Å²) in [5, 5.41) is 0. The number of Topliss-reactive ketones (excluding diaryl/α,β-unsaturated/α-hetero) is 1. The minimum absolute atomic E-state index is 0.0422. The molecule has 4 heteroatoms. The summed E-state index contributed by atoms with van der Waals surface area (Å²) in [6.07, 6.45) is 0.740. The van der Waals surface area contributed by atoms with Gasteiger partial charge in [0, 0.05) is 18.0 Å². The van der Waals surface area contributed by atoms with Crippen LogP contribution in [-0.2, 0) is 28.7 Å². The molecule has 0 aliphatic heterocycles. The third-order valence-electron chi connectivity index (χ3n) is 5.52. The Kier molecular flexibility index (Phi) is 8.95. The quantitative estimate of drug-likeness (QED) is 0.373. The highest BCUT2D eigenvalue weighted by Crippen LogP contribution is 2.21. The second kappa shape index (κ2) is 11.9. The van der Waals surface area contributed by atoms with Gasteiger partial charge in [-0.15, -0.1) is 0 Å². The first-order chi connectivity index (χ1) is 15.4. The van der Waals surface area contributed by atoms with E-state index in [-0.39, 0.29) is 17.6 Å². The number of benzene rings is 3. The van der Waals surface area contributed by atoms with Crippen LogP contribution < -0.4 is 0 Å². The fraction of sp³-hybridized carbons (Fsp3) is 0.321. The number of ketones is 1. The van der Waals surface area contributed by atoms with Crippen LogP contribution in [0.1, 0.15) is 37.0 Å². The first-order valence-corrected chi connectivity index (χ1v) is 12.5. The Hall–Kier alpha value is -2.56. The van der Waals surface area contributed by atoms with E-state index < -0.39 is 10.8 Å². The van der Waals surface area contributed by atoms with Gasteiger partial charge in [-0.05, 0) is 42.5 Å². The topological polar surface area (TPSA) is 37.4 Å². The van der Waals surface area contributed by atoms with E-state index in [2.05, 4.69) is 43.0 Å². The molecule has 0 radical (unpaired) electrons. The van der Waals surface area contributed by atoms with Gasteiger partial charge in [0.1, 0.15) is 0 Å². The van der Waals surface area contributed by atoms with Crippen LogP contribution in [0.5, 0.6) is 0 Å². The largest absolute Gasteiger partial charge is 0.297 e. The molecule has 3 nitrogen and oxygen atoms in total. The van der Waals surface area contributed by atoms with Crippen LogP contribution in [0, 0.1) is 12.8 Å². The van der Waals surface area contributed by atoms with Gasteiger partial charge in [-0.3, -0.25) is 13.9 Å². The summed E-state index contributed by atoms with van der Waals surface area (Å²) >= 11 is 0. The number of carbonyl (C=O) groups excluding carboxylic acids is 1. The maximum absolute atomic E-state index is 13.5. The molecule has 0 saturated heterocycles. The third kappa shape index (κ3) is 7.25. The van der Waals surface area contributed by atoms with Crippen molar-refractivity contribution in [2.75, 3.05) is 5.75 Å². The van der Waals surface area contributed by atoms with Gasteiger partial charge in [0.15, 0.2) is 5.78 Å². The molecule has 3 rings (SSSR count). The van der Waals surface area contributed by atoms with E-state index in [1.54, 1.807) is 0 Å². The van der Waals surface area contributed by atoms with Crippen LogP contribution in [0.3, 0.4) is 0 Å². The Balaban J connectivity index is 1.85. The predicted molar refractivity (Wildman–Crippen MR) is 133 cm³/mol. The Morgan fingerprint density at radius 2 is 1.31 bits per heavy atom. The first kappa shape index (κ1) is 24.1. The molecule has 0 saturated carbocycles. The lowest BCUT2D eigenvalue weighted by Crippen LogP contribution is -2.43. The van der Waals surface area contributed by atoms with E-state index in [0.717, 1.165) is 12.0 Å². The van der Waals surface area contributed by atoms with Crippen molar-refractivity contribution < 1.29 is 9.00 Å². The molecule has 2 atom stereocenters. The van der Waals surface area contributed by atoms with Gasteiger partial charge in [0.2, 0.25) is 0 Å². The molecule has 0 aromatic heterocycles. The second-order valence-corrected chi connectivity index (χ2v) is 10.2. The van der Waals surface area contributed by atoms with Gasteiger partial charge in [-0.2, -0.15) is 0 Å². The normalized spacial score (nSPS) is 13.3. The van der Waals surface area contributed by atoms with Crippen LogP contribution in [-0.4, -0.2) is 26.7 Å². The smallest absolute Gasteiger partial charge is 0.162 e. The summed E-state index contributed by atoms with van der Waals surface area (Å²) in [6, 6.07) is 27.8. The van der Waals surface area contributed by atoms with E-state index in [1.165, 1.54) is 11.1 Å².